The molecule has 0 bridgehead atoms. The minimum absolute atomic E-state index is 0.00381. The molecule has 0 aromatic heterocycles. The van der Waals surface area contributed by atoms with Gasteiger partial charge in [-0.2, -0.15) is 0 Å². The van der Waals surface area contributed by atoms with Crippen molar-refractivity contribution in [3.63, 3.8) is 0 Å². The van der Waals surface area contributed by atoms with E-state index in [2.05, 4.69) is 11.9 Å². The number of esters is 1. The SMILES string of the molecule is C=CCCCCC[C@H](NC(=O)OC1CCCC1)C(=O)OC. The molecule has 0 aromatic carbocycles. The van der Waals surface area contributed by atoms with Crippen LogP contribution in [0.2, 0.25) is 0 Å². The maximum absolute atomic E-state index is 11.8. The molecule has 5 nitrogen and oxygen atoms in total. The van der Waals surface area contributed by atoms with E-state index in [9.17, 15) is 9.59 Å². The van der Waals surface area contributed by atoms with Crippen LogP contribution in [0.4, 0.5) is 4.79 Å². The molecule has 1 atom stereocenters. The van der Waals surface area contributed by atoms with Crippen LogP contribution in [0.3, 0.4) is 0 Å². The molecule has 120 valence electrons. The van der Waals surface area contributed by atoms with Crippen molar-refractivity contribution in [1.82, 2.24) is 5.32 Å². The topological polar surface area (TPSA) is 64.6 Å². The highest BCUT2D eigenvalue weighted by Crippen LogP contribution is 2.21. The Bertz CT molecular complexity index is 337. The number of nitrogens with one attached hydrogen (secondary N) is 1. The smallest absolute Gasteiger partial charge is 0.408 e. The number of hydrogen-bond acceptors (Lipinski definition) is 4. The highest BCUT2D eigenvalue weighted by atomic mass is 16.6. The molecule has 1 amide bonds. The zero-order chi connectivity index (χ0) is 15.5. The Balaban J connectivity index is 2.32. The van der Waals surface area contributed by atoms with Gasteiger partial charge in [0.1, 0.15) is 12.1 Å². The number of hydrogen-bond donors (Lipinski definition) is 1. The third kappa shape index (κ3) is 7.16. The van der Waals surface area contributed by atoms with Gasteiger partial charge in [0.2, 0.25) is 0 Å². The predicted octanol–water partition coefficient (Wildman–Crippen LogP) is 3.33. The van der Waals surface area contributed by atoms with Crippen molar-refractivity contribution in [2.75, 3.05) is 7.11 Å². The van der Waals surface area contributed by atoms with Gasteiger partial charge in [0, 0.05) is 0 Å². The zero-order valence-electron chi connectivity index (χ0n) is 12.9. The van der Waals surface area contributed by atoms with Crippen LogP contribution in [0.5, 0.6) is 0 Å². The molecule has 1 fully saturated rings. The molecule has 5 heteroatoms. The number of ether oxygens (including phenoxy) is 2. The van der Waals surface area contributed by atoms with Crippen LogP contribution in [0.1, 0.15) is 57.8 Å². The molecule has 1 aliphatic carbocycles. The van der Waals surface area contributed by atoms with Crippen LogP contribution >= 0.6 is 0 Å². The van der Waals surface area contributed by atoms with E-state index in [1.54, 1.807) is 0 Å². The van der Waals surface area contributed by atoms with Crippen LogP contribution in [0.25, 0.3) is 0 Å². The summed E-state index contributed by atoms with van der Waals surface area (Å²) in [5.41, 5.74) is 0. The first-order valence-corrected chi connectivity index (χ1v) is 7.83. The fraction of sp³-hybridized carbons (Fsp3) is 0.750. The predicted molar refractivity (Wildman–Crippen MR) is 81.0 cm³/mol. The molecule has 1 N–H and O–H groups in total. The van der Waals surface area contributed by atoms with Gasteiger partial charge >= 0.3 is 12.1 Å². The Hall–Kier alpha value is -1.52. The van der Waals surface area contributed by atoms with Gasteiger partial charge in [-0.15, -0.1) is 6.58 Å². The molecular weight excluding hydrogens is 270 g/mol. The van der Waals surface area contributed by atoms with Crippen molar-refractivity contribution >= 4 is 12.1 Å². The third-order valence-electron chi connectivity index (χ3n) is 3.75. The Labute approximate surface area is 127 Å². The summed E-state index contributed by atoms with van der Waals surface area (Å²) in [5, 5.41) is 2.63. The first-order chi connectivity index (χ1) is 10.2. The molecular formula is C16H27NO4. The summed E-state index contributed by atoms with van der Waals surface area (Å²) in [4.78, 5) is 23.5. The molecule has 0 aromatic rings. The molecule has 1 aliphatic rings. The van der Waals surface area contributed by atoms with Gasteiger partial charge < -0.3 is 14.8 Å². The Morgan fingerprint density at radius 1 is 1.29 bits per heavy atom. The van der Waals surface area contributed by atoms with Crippen molar-refractivity contribution in [2.24, 2.45) is 0 Å². The lowest BCUT2D eigenvalue weighted by atomic mass is 10.1. The van der Waals surface area contributed by atoms with Crippen molar-refractivity contribution in [2.45, 2.75) is 69.9 Å². The van der Waals surface area contributed by atoms with Crippen LogP contribution in [-0.4, -0.2) is 31.3 Å². The van der Waals surface area contributed by atoms with Crippen LogP contribution in [0, 0.1) is 0 Å². The van der Waals surface area contributed by atoms with Gasteiger partial charge in [0.15, 0.2) is 0 Å². The number of allylic oxidation sites excluding steroid dienone is 1. The number of carbonyl (C=O) groups excluding carboxylic acids is 2. The van der Waals surface area contributed by atoms with Crippen LogP contribution < -0.4 is 5.32 Å². The van der Waals surface area contributed by atoms with Crippen LogP contribution in [-0.2, 0) is 14.3 Å². The highest BCUT2D eigenvalue weighted by molar-refractivity contribution is 5.81. The Kier molecular flexibility index (Phi) is 8.55. The molecule has 21 heavy (non-hydrogen) atoms. The number of amides is 1. The van der Waals surface area contributed by atoms with Crippen molar-refractivity contribution in [1.29, 1.82) is 0 Å². The maximum atomic E-state index is 11.8. The molecule has 1 rings (SSSR count). The van der Waals surface area contributed by atoms with E-state index < -0.39 is 18.1 Å². The van der Waals surface area contributed by atoms with E-state index in [1.165, 1.54) is 7.11 Å². The third-order valence-corrected chi connectivity index (χ3v) is 3.75. The summed E-state index contributed by atoms with van der Waals surface area (Å²) < 4.78 is 10.0. The Morgan fingerprint density at radius 2 is 2.00 bits per heavy atom. The van der Waals surface area contributed by atoms with E-state index in [-0.39, 0.29) is 6.10 Å². The largest absolute Gasteiger partial charge is 0.467 e. The first kappa shape index (κ1) is 17.5. The van der Waals surface area contributed by atoms with Gasteiger partial charge in [-0.3, -0.25) is 0 Å². The van der Waals surface area contributed by atoms with Gasteiger partial charge in [0.05, 0.1) is 7.11 Å². The average molecular weight is 297 g/mol. The number of carbonyl (C=O) groups is 2. The lowest BCUT2D eigenvalue weighted by Gasteiger charge is -2.18. The quantitative estimate of drug-likeness (QED) is 0.403. The van der Waals surface area contributed by atoms with Gasteiger partial charge in [-0.25, -0.2) is 9.59 Å². The molecule has 0 spiro atoms. The fourth-order valence-electron chi connectivity index (χ4n) is 2.54. The standard InChI is InChI=1S/C16H27NO4/c1-3-4-5-6-7-12-14(15(18)20-2)17-16(19)21-13-10-8-9-11-13/h3,13-14H,1,4-12H2,2H3,(H,17,19)/t14-/m0/s1. The summed E-state index contributed by atoms with van der Waals surface area (Å²) in [7, 11) is 1.33. The molecule has 0 radical (unpaired) electrons. The van der Waals surface area contributed by atoms with E-state index in [0.29, 0.717) is 6.42 Å². The van der Waals surface area contributed by atoms with Gasteiger partial charge in [-0.05, 0) is 44.9 Å². The first-order valence-electron chi connectivity index (χ1n) is 7.83. The van der Waals surface area contributed by atoms with Crippen molar-refractivity contribution in [3.8, 4) is 0 Å². The van der Waals surface area contributed by atoms with Gasteiger partial charge in [-0.1, -0.05) is 18.9 Å². The fourth-order valence-corrected chi connectivity index (χ4v) is 2.54. The second-order valence-corrected chi connectivity index (χ2v) is 5.46. The maximum Gasteiger partial charge on any atom is 0.408 e. The van der Waals surface area contributed by atoms with Crippen LogP contribution in [0.15, 0.2) is 12.7 Å². The Morgan fingerprint density at radius 3 is 2.62 bits per heavy atom. The summed E-state index contributed by atoms with van der Waals surface area (Å²) in [6.45, 7) is 3.68. The lowest BCUT2D eigenvalue weighted by molar-refractivity contribution is -0.143. The van der Waals surface area contributed by atoms with E-state index >= 15 is 0 Å². The second kappa shape index (κ2) is 10.2. The number of methoxy groups -OCH3 is 1. The number of unbranched alkanes of at least 4 members (excludes halogenated alkanes) is 3. The molecule has 1 saturated carbocycles. The normalized spacial score (nSPS) is 16.2. The van der Waals surface area contributed by atoms with Gasteiger partial charge in [0.25, 0.3) is 0 Å². The minimum atomic E-state index is -0.618. The van der Waals surface area contributed by atoms with Crippen molar-refractivity contribution < 1.29 is 19.1 Å². The number of alkyl carbamates (subject to hydrolysis) is 1. The monoisotopic (exact) mass is 297 g/mol. The lowest BCUT2D eigenvalue weighted by Crippen LogP contribution is -2.42. The summed E-state index contributed by atoms with van der Waals surface area (Å²) in [6, 6.07) is -0.618. The van der Waals surface area contributed by atoms with E-state index in [4.69, 9.17) is 9.47 Å². The zero-order valence-corrected chi connectivity index (χ0v) is 12.9. The number of rotatable bonds is 9. The summed E-state index contributed by atoms with van der Waals surface area (Å²) in [5.74, 6) is -0.415. The molecule has 0 heterocycles. The molecule has 0 unspecified atom stereocenters. The average Bonchev–Trinajstić information content (AvgIpc) is 2.97. The van der Waals surface area contributed by atoms with Crippen molar-refractivity contribution in [3.05, 3.63) is 12.7 Å². The minimum Gasteiger partial charge on any atom is -0.467 e. The molecule has 0 aliphatic heterocycles. The highest BCUT2D eigenvalue weighted by Gasteiger charge is 2.24. The molecule has 0 saturated heterocycles. The summed E-state index contributed by atoms with van der Waals surface area (Å²) in [6.07, 6.45) is 9.84. The van der Waals surface area contributed by atoms with E-state index in [1.807, 2.05) is 6.08 Å². The second-order valence-electron chi connectivity index (χ2n) is 5.46. The summed E-state index contributed by atoms with van der Waals surface area (Å²) >= 11 is 0. The van der Waals surface area contributed by atoms with E-state index in [0.717, 1.165) is 51.4 Å².